The van der Waals surface area contributed by atoms with E-state index in [9.17, 15) is 18.0 Å². The zero-order valence-electron chi connectivity index (χ0n) is 11.3. The third-order valence-electron chi connectivity index (χ3n) is 4.02. The quantitative estimate of drug-likeness (QED) is 0.813. The van der Waals surface area contributed by atoms with E-state index in [0.29, 0.717) is 25.2 Å². The Kier molecular flexibility index (Phi) is 6.10. The fourth-order valence-electron chi connectivity index (χ4n) is 2.72. The molecule has 0 heterocycles. The van der Waals surface area contributed by atoms with Gasteiger partial charge in [0.1, 0.15) is 0 Å². The van der Waals surface area contributed by atoms with Crippen molar-refractivity contribution < 1.29 is 18.0 Å². The van der Waals surface area contributed by atoms with Crippen molar-refractivity contribution in [3.05, 3.63) is 0 Å². The Bertz CT molecular complexity index is 286. The van der Waals surface area contributed by atoms with Crippen molar-refractivity contribution >= 4 is 5.91 Å². The highest BCUT2D eigenvalue weighted by molar-refractivity contribution is 5.81. The number of hydrogen-bond donors (Lipinski definition) is 2. The molecule has 0 bridgehead atoms. The Hall–Kier alpha value is -0.780. The number of carbonyl (C=O) groups is 1. The van der Waals surface area contributed by atoms with Gasteiger partial charge in [-0.3, -0.25) is 4.79 Å². The lowest BCUT2D eigenvalue weighted by molar-refractivity contribution is -0.184. The first-order chi connectivity index (χ1) is 8.84. The van der Waals surface area contributed by atoms with Gasteiger partial charge in [0.25, 0.3) is 0 Å². The zero-order chi connectivity index (χ0) is 14.5. The smallest absolute Gasteiger partial charge is 0.358 e. The fraction of sp³-hybridized carbons (Fsp3) is 0.923. The summed E-state index contributed by atoms with van der Waals surface area (Å²) in [6.07, 6.45) is 0.000725. The lowest BCUT2D eigenvalue weighted by atomic mass is 9.79. The largest absolute Gasteiger partial charge is 0.391 e. The summed E-state index contributed by atoms with van der Waals surface area (Å²) in [7, 11) is 1.54. The number of alkyl halides is 3. The molecule has 1 amide bonds. The van der Waals surface area contributed by atoms with Crippen LogP contribution >= 0.6 is 0 Å². The van der Waals surface area contributed by atoms with Gasteiger partial charge in [-0.15, -0.1) is 0 Å². The van der Waals surface area contributed by atoms with Crippen LogP contribution in [0.4, 0.5) is 13.2 Å². The second-order valence-electron chi connectivity index (χ2n) is 5.41. The van der Waals surface area contributed by atoms with Crippen LogP contribution in [0, 0.1) is 11.8 Å². The van der Waals surface area contributed by atoms with Crippen LogP contribution in [0.2, 0.25) is 0 Å². The Morgan fingerprint density at radius 2 is 1.89 bits per heavy atom. The van der Waals surface area contributed by atoms with E-state index in [0.717, 1.165) is 12.8 Å². The van der Waals surface area contributed by atoms with Crippen molar-refractivity contribution in [2.24, 2.45) is 17.6 Å². The van der Waals surface area contributed by atoms with Crippen LogP contribution in [-0.4, -0.2) is 25.2 Å². The van der Waals surface area contributed by atoms with Crippen LogP contribution in [0.3, 0.4) is 0 Å². The standard InChI is InChI=1S/C13H23F3N2O/c1-18-12(19)11(17)4-2-3-9-5-7-10(8-6-9)13(14,15)16/h9-11H,2-8,17H2,1H3,(H,18,19). The summed E-state index contributed by atoms with van der Waals surface area (Å²) in [5.41, 5.74) is 5.66. The molecule has 0 aromatic carbocycles. The van der Waals surface area contributed by atoms with Crippen molar-refractivity contribution in [1.82, 2.24) is 5.32 Å². The van der Waals surface area contributed by atoms with E-state index < -0.39 is 18.1 Å². The molecule has 19 heavy (non-hydrogen) atoms. The van der Waals surface area contributed by atoms with Gasteiger partial charge in [-0.1, -0.05) is 12.8 Å². The second kappa shape index (κ2) is 7.12. The van der Waals surface area contributed by atoms with Crippen LogP contribution in [0.15, 0.2) is 0 Å². The molecule has 1 fully saturated rings. The van der Waals surface area contributed by atoms with Crippen LogP contribution in [-0.2, 0) is 4.79 Å². The van der Waals surface area contributed by atoms with Gasteiger partial charge in [0.15, 0.2) is 0 Å². The van der Waals surface area contributed by atoms with Crippen LogP contribution in [0.1, 0.15) is 44.9 Å². The molecule has 1 aliphatic rings. The Balaban J connectivity index is 2.18. The summed E-state index contributed by atoms with van der Waals surface area (Å²) in [6, 6.07) is -0.503. The minimum absolute atomic E-state index is 0.180. The van der Waals surface area contributed by atoms with Gasteiger partial charge in [0.05, 0.1) is 12.0 Å². The van der Waals surface area contributed by atoms with Gasteiger partial charge in [-0.05, 0) is 38.0 Å². The molecule has 6 heteroatoms. The van der Waals surface area contributed by atoms with Gasteiger partial charge in [-0.2, -0.15) is 13.2 Å². The summed E-state index contributed by atoms with van der Waals surface area (Å²) in [5.74, 6) is -0.937. The number of nitrogens with two attached hydrogens (primary N) is 1. The topological polar surface area (TPSA) is 55.1 Å². The molecule has 1 atom stereocenters. The molecule has 3 N–H and O–H groups in total. The van der Waals surface area contributed by atoms with Crippen molar-refractivity contribution in [2.45, 2.75) is 57.2 Å². The molecule has 0 aliphatic heterocycles. The number of rotatable bonds is 5. The molecular weight excluding hydrogens is 257 g/mol. The van der Waals surface area contributed by atoms with Gasteiger partial charge in [0, 0.05) is 7.05 Å². The monoisotopic (exact) mass is 280 g/mol. The number of hydrogen-bond acceptors (Lipinski definition) is 2. The second-order valence-corrected chi connectivity index (χ2v) is 5.41. The number of halogens is 3. The highest BCUT2D eigenvalue weighted by atomic mass is 19.4. The molecule has 1 unspecified atom stereocenters. The number of amides is 1. The van der Waals surface area contributed by atoms with Crippen molar-refractivity contribution in [2.75, 3.05) is 7.05 Å². The van der Waals surface area contributed by atoms with Gasteiger partial charge in [0.2, 0.25) is 5.91 Å². The minimum Gasteiger partial charge on any atom is -0.358 e. The van der Waals surface area contributed by atoms with Crippen molar-refractivity contribution in [3.63, 3.8) is 0 Å². The predicted octanol–water partition coefficient (Wildman–Crippen LogP) is 2.60. The van der Waals surface area contributed by atoms with Gasteiger partial charge in [-0.25, -0.2) is 0 Å². The number of carbonyl (C=O) groups excluding carboxylic acids is 1. The molecule has 1 aliphatic carbocycles. The Morgan fingerprint density at radius 3 is 2.37 bits per heavy atom. The van der Waals surface area contributed by atoms with Gasteiger partial charge < -0.3 is 11.1 Å². The maximum atomic E-state index is 12.5. The molecular formula is C13H23F3N2O. The maximum absolute atomic E-state index is 12.5. The minimum atomic E-state index is -4.04. The van der Waals surface area contributed by atoms with E-state index in [4.69, 9.17) is 5.73 Å². The first kappa shape index (κ1) is 16.3. The normalized spacial score (nSPS) is 25.9. The van der Waals surface area contributed by atoms with E-state index in [1.807, 2.05) is 0 Å². The van der Waals surface area contributed by atoms with Crippen LogP contribution in [0.5, 0.6) is 0 Å². The lowest BCUT2D eigenvalue weighted by Crippen LogP contribution is -2.38. The fourth-order valence-corrected chi connectivity index (χ4v) is 2.72. The summed E-state index contributed by atoms with van der Waals surface area (Å²) in [5, 5.41) is 2.49. The molecule has 0 aromatic heterocycles. The average Bonchev–Trinajstić information content (AvgIpc) is 2.37. The summed E-state index contributed by atoms with van der Waals surface area (Å²) in [4.78, 5) is 11.2. The molecule has 1 saturated carbocycles. The van der Waals surface area contributed by atoms with E-state index in [1.54, 1.807) is 7.05 Å². The third kappa shape index (κ3) is 5.38. The lowest BCUT2D eigenvalue weighted by Gasteiger charge is -2.29. The van der Waals surface area contributed by atoms with Gasteiger partial charge >= 0.3 is 6.18 Å². The predicted molar refractivity (Wildman–Crippen MR) is 67.4 cm³/mol. The number of nitrogens with one attached hydrogen (secondary N) is 1. The summed E-state index contributed by atoms with van der Waals surface area (Å²) >= 11 is 0. The van der Waals surface area contributed by atoms with Crippen LogP contribution in [0.25, 0.3) is 0 Å². The Morgan fingerprint density at radius 1 is 1.32 bits per heavy atom. The maximum Gasteiger partial charge on any atom is 0.391 e. The van der Waals surface area contributed by atoms with E-state index in [-0.39, 0.29) is 18.7 Å². The first-order valence-electron chi connectivity index (χ1n) is 6.88. The average molecular weight is 280 g/mol. The molecule has 3 nitrogen and oxygen atoms in total. The van der Waals surface area contributed by atoms with Crippen molar-refractivity contribution in [1.29, 1.82) is 0 Å². The van der Waals surface area contributed by atoms with E-state index in [2.05, 4.69) is 5.32 Å². The highest BCUT2D eigenvalue weighted by Gasteiger charge is 2.41. The van der Waals surface area contributed by atoms with Crippen molar-refractivity contribution in [3.8, 4) is 0 Å². The third-order valence-corrected chi connectivity index (χ3v) is 4.02. The summed E-state index contributed by atoms with van der Waals surface area (Å²) < 4.78 is 37.5. The van der Waals surface area contributed by atoms with E-state index >= 15 is 0 Å². The SMILES string of the molecule is CNC(=O)C(N)CCCC1CCC(C(F)(F)F)CC1. The molecule has 0 spiro atoms. The van der Waals surface area contributed by atoms with Crippen LogP contribution < -0.4 is 11.1 Å². The Labute approximate surface area is 112 Å². The first-order valence-corrected chi connectivity index (χ1v) is 6.88. The zero-order valence-corrected chi connectivity index (χ0v) is 11.3. The molecule has 1 rings (SSSR count). The summed E-state index contributed by atoms with van der Waals surface area (Å²) in [6.45, 7) is 0. The number of likely N-dealkylation sites (N-methyl/N-ethyl adjacent to an activating group) is 1. The molecule has 0 aromatic rings. The molecule has 0 saturated heterocycles. The highest BCUT2D eigenvalue weighted by Crippen LogP contribution is 2.40. The molecule has 112 valence electrons. The van der Waals surface area contributed by atoms with E-state index in [1.165, 1.54) is 0 Å². The molecule has 0 radical (unpaired) electrons.